The second-order valence-electron chi connectivity index (χ2n) is 5.98. The molecule has 0 spiro atoms. The van der Waals surface area contributed by atoms with Gasteiger partial charge in [-0.05, 0) is 42.8 Å². The third-order valence-electron chi connectivity index (χ3n) is 4.14. The van der Waals surface area contributed by atoms with E-state index >= 15 is 0 Å². The molecule has 1 aromatic heterocycles. The van der Waals surface area contributed by atoms with Crippen molar-refractivity contribution in [3.05, 3.63) is 53.7 Å². The minimum absolute atomic E-state index is 0.0174. The lowest BCUT2D eigenvalue weighted by molar-refractivity contribution is 0.0711. The van der Waals surface area contributed by atoms with Crippen molar-refractivity contribution in [1.82, 2.24) is 4.90 Å². The fourth-order valence-corrected chi connectivity index (χ4v) is 4.45. The molecule has 2 aromatic rings. The van der Waals surface area contributed by atoms with Crippen LogP contribution in [0.25, 0.3) is 0 Å². The van der Waals surface area contributed by atoms with Crippen LogP contribution in [0, 0.1) is 5.82 Å². The summed E-state index contributed by atoms with van der Waals surface area (Å²) in [4.78, 5) is 13.8. The quantitative estimate of drug-likeness (QED) is 0.810. The van der Waals surface area contributed by atoms with Gasteiger partial charge in [-0.25, -0.2) is 12.8 Å². The van der Waals surface area contributed by atoms with E-state index in [9.17, 15) is 17.6 Å². The number of amides is 1. The van der Waals surface area contributed by atoms with Crippen LogP contribution in [0.5, 0.6) is 5.75 Å². The Kier molecular flexibility index (Phi) is 4.80. The van der Waals surface area contributed by atoms with E-state index in [2.05, 4.69) is 0 Å². The van der Waals surface area contributed by atoms with E-state index in [0.29, 0.717) is 17.9 Å². The van der Waals surface area contributed by atoms with E-state index in [4.69, 9.17) is 9.15 Å². The van der Waals surface area contributed by atoms with E-state index in [1.54, 1.807) is 13.1 Å². The van der Waals surface area contributed by atoms with Crippen LogP contribution in [-0.2, 0) is 16.4 Å². The zero-order valence-electron chi connectivity index (χ0n) is 13.6. The molecule has 0 aliphatic carbocycles. The van der Waals surface area contributed by atoms with Crippen LogP contribution < -0.4 is 4.74 Å². The van der Waals surface area contributed by atoms with Crippen molar-refractivity contribution >= 4 is 15.7 Å². The summed E-state index contributed by atoms with van der Waals surface area (Å²) >= 11 is 0. The fraction of sp³-hybridized carbons (Fsp3) is 0.353. The SMILES string of the molecule is CN(C(=O)c1ccc(COc2ccc(F)cc2)o1)C1CCS(=O)(=O)C1. The van der Waals surface area contributed by atoms with Gasteiger partial charge < -0.3 is 14.1 Å². The lowest BCUT2D eigenvalue weighted by Crippen LogP contribution is -2.37. The predicted molar refractivity (Wildman–Crippen MR) is 88.6 cm³/mol. The maximum absolute atomic E-state index is 12.8. The summed E-state index contributed by atoms with van der Waals surface area (Å²) in [5.41, 5.74) is 0. The highest BCUT2D eigenvalue weighted by Gasteiger charge is 2.33. The Morgan fingerprint density at radius 3 is 2.64 bits per heavy atom. The molecule has 8 heteroatoms. The van der Waals surface area contributed by atoms with Crippen LogP contribution in [0.2, 0.25) is 0 Å². The zero-order chi connectivity index (χ0) is 18.0. The van der Waals surface area contributed by atoms with Crippen molar-refractivity contribution in [2.45, 2.75) is 19.1 Å². The molecule has 0 radical (unpaired) electrons. The molecule has 1 saturated heterocycles. The number of carbonyl (C=O) groups excluding carboxylic acids is 1. The number of rotatable bonds is 5. The molecule has 1 aromatic carbocycles. The molecule has 3 rings (SSSR count). The molecular formula is C17H18FNO5S. The van der Waals surface area contributed by atoms with Crippen LogP contribution in [0.4, 0.5) is 4.39 Å². The third kappa shape index (κ3) is 4.19. The average Bonchev–Trinajstić information content (AvgIpc) is 3.19. The molecule has 1 amide bonds. The number of sulfone groups is 1. The predicted octanol–water partition coefficient (Wildman–Crippen LogP) is 2.26. The van der Waals surface area contributed by atoms with Crippen molar-refractivity contribution in [2.75, 3.05) is 18.6 Å². The monoisotopic (exact) mass is 367 g/mol. The highest BCUT2D eigenvalue weighted by atomic mass is 32.2. The van der Waals surface area contributed by atoms with Crippen molar-refractivity contribution in [2.24, 2.45) is 0 Å². The molecule has 1 unspecified atom stereocenters. The smallest absolute Gasteiger partial charge is 0.289 e. The molecule has 134 valence electrons. The molecule has 0 bridgehead atoms. The Morgan fingerprint density at radius 1 is 1.28 bits per heavy atom. The molecule has 1 atom stereocenters. The molecule has 1 aliphatic rings. The number of ether oxygens (including phenoxy) is 1. The minimum atomic E-state index is -3.06. The Balaban J connectivity index is 1.60. The fourth-order valence-electron chi connectivity index (χ4n) is 2.68. The first-order valence-corrected chi connectivity index (χ1v) is 9.61. The highest BCUT2D eigenvalue weighted by molar-refractivity contribution is 7.91. The van der Waals surface area contributed by atoms with Gasteiger partial charge in [0, 0.05) is 13.1 Å². The van der Waals surface area contributed by atoms with Crippen molar-refractivity contribution in [3.63, 3.8) is 0 Å². The summed E-state index contributed by atoms with van der Waals surface area (Å²) in [5.74, 6) is 0.426. The van der Waals surface area contributed by atoms with Crippen molar-refractivity contribution in [3.8, 4) is 5.75 Å². The zero-order valence-corrected chi connectivity index (χ0v) is 14.5. The van der Waals surface area contributed by atoms with Crippen LogP contribution in [0.3, 0.4) is 0 Å². The Morgan fingerprint density at radius 2 is 2.00 bits per heavy atom. The molecule has 25 heavy (non-hydrogen) atoms. The first kappa shape index (κ1) is 17.5. The first-order chi connectivity index (χ1) is 11.8. The lowest BCUT2D eigenvalue weighted by Gasteiger charge is -2.22. The largest absolute Gasteiger partial charge is 0.486 e. The van der Waals surface area contributed by atoms with Gasteiger partial charge in [0.2, 0.25) is 0 Å². The summed E-state index contributed by atoms with van der Waals surface area (Å²) in [5, 5.41) is 0. The summed E-state index contributed by atoms with van der Waals surface area (Å²) in [6.45, 7) is 0.0977. The Labute approximate surface area is 145 Å². The maximum atomic E-state index is 12.8. The minimum Gasteiger partial charge on any atom is -0.486 e. The first-order valence-electron chi connectivity index (χ1n) is 7.79. The Hall–Kier alpha value is -2.35. The van der Waals surface area contributed by atoms with Gasteiger partial charge in [0.25, 0.3) is 5.91 Å². The second-order valence-corrected chi connectivity index (χ2v) is 8.21. The van der Waals surface area contributed by atoms with Crippen molar-refractivity contribution < 1.29 is 26.8 Å². The van der Waals surface area contributed by atoms with Crippen LogP contribution in [0.15, 0.2) is 40.8 Å². The standard InChI is InChI=1S/C17H18FNO5S/c1-19(13-8-9-25(21,22)11-13)17(20)16-7-6-15(24-16)10-23-14-4-2-12(18)3-5-14/h2-7,13H,8-11H2,1H3. The topological polar surface area (TPSA) is 76.8 Å². The Bertz CT molecular complexity index is 859. The second kappa shape index (κ2) is 6.87. The van der Waals surface area contributed by atoms with Crippen molar-refractivity contribution in [1.29, 1.82) is 0 Å². The van der Waals surface area contributed by atoms with E-state index < -0.39 is 9.84 Å². The molecule has 1 aliphatic heterocycles. The number of carbonyl (C=O) groups is 1. The van der Waals surface area contributed by atoms with Gasteiger partial charge in [0.15, 0.2) is 15.6 Å². The van der Waals surface area contributed by atoms with Gasteiger partial charge >= 0.3 is 0 Å². The average molecular weight is 367 g/mol. The van der Waals surface area contributed by atoms with E-state index in [0.717, 1.165) is 0 Å². The summed E-state index contributed by atoms with van der Waals surface area (Å²) in [7, 11) is -1.49. The number of benzene rings is 1. The van der Waals surface area contributed by atoms with E-state index in [1.165, 1.54) is 35.2 Å². The van der Waals surface area contributed by atoms with Crippen LogP contribution >= 0.6 is 0 Å². The van der Waals surface area contributed by atoms with Gasteiger partial charge in [-0.3, -0.25) is 4.79 Å². The van der Waals surface area contributed by atoms with Crippen LogP contribution in [-0.4, -0.2) is 43.8 Å². The summed E-state index contributed by atoms with van der Waals surface area (Å²) in [6, 6.07) is 8.40. The normalized spacial score (nSPS) is 18.9. The number of nitrogens with zero attached hydrogens (tertiary/aromatic N) is 1. The van der Waals surface area contributed by atoms with Gasteiger partial charge in [-0.1, -0.05) is 0 Å². The lowest BCUT2D eigenvalue weighted by atomic mass is 10.2. The van der Waals surface area contributed by atoms with E-state index in [1.807, 2.05) is 0 Å². The molecular weight excluding hydrogens is 349 g/mol. The number of furan rings is 1. The maximum Gasteiger partial charge on any atom is 0.289 e. The van der Waals surface area contributed by atoms with Gasteiger partial charge in [-0.15, -0.1) is 0 Å². The van der Waals surface area contributed by atoms with E-state index in [-0.39, 0.29) is 41.6 Å². The molecule has 0 N–H and O–H groups in total. The molecule has 6 nitrogen and oxygen atoms in total. The number of halogens is 1. The highest BCUT2D eigenvalue weighted by Crippen LogP contribution is 2.20. The summed E-state index contributed by atoms with van der Waals surface area (Å²) < 4.78 is 46.9. The van der Waals surface area contributed by atoms with Gasteiger partial charge in [0.05, 0.1) is 11.5 Å². The molecule has 0 saturated carbocycles. The van der Waals surface area contributed by atoms with Gasteiger partial charge in [0.1, 0.15) is 23.9 Å². The summed E-state index contributed by atoms with van der Waals surface area (Å²) in [6.07, 6.45) is 0.436. The molecule has 2 heterocycles. The number of hydrogen-bond donors (Lipinski definition) is 0. The van der Waals surface area contributed by atoms with Gasteiger partial charge in [-0.2, -0.15) is 0 Å². The third-order valence-corrected chi connectivity index (χ3v) is 5.89. The van der Waals surface area contributed by atoms with Crippen LogP contribution in [0.1, 0.15) is 22.7 Å². The number of hydrogen-bond acceptors (Lipinski definition) is 5. The molecule has 1 fully saturated rings.